The van der Waals surface area contributed by atoms with E-state index in [0.717, 1.165) is 12.1 Å². The van der Waals surface area contributed by atoms with Gasteiger partial charge in [0.25, 0.3) is 0 Å². The summed E-state index contributed by atoms with van der Waals surface area (Å²) < 4.78 is 33.3. The molecule has 9 nitrogen and oxygen atoms in total. The van der Waals surface area contributed by atoms with Crippen LogP contribution in [0.1, 0.15) is 0 Å². The Morgan fingerprint density at radius 2 is 1.48 bits per heavy atom. The van der Waals surface area contributed by atoms with E-state index in [1.165, 1.54) is 24.3 Å². The van der Waals surface area contributed by atoms with Gasteiger partial charge in [0.05, 0.1) is 16.3 Å². The van der Waals surface area contributed by atoms with Crippen LogP contribution in [0.25, 0.3) is 10.8 Å². The molecule has 0 heterocycles. The van der Waals surface area contributed by atoms with Gasteiger partial charge in [-0.3, -0.25) is 0 Å². The van der Waals surface area contributed by atoms with Crippen LogP contribution in [0.15, 0.2) is 57.6 Å². The molecule has 3 aromatic carbocycles. The fourth-order valence-electron chi connectivity index (χ4n) is 2.28. The zero-order valence-electron chi connectivity index (χ0n) is 14.6. The first-order chi connectivity index (χ1) is 12.2. The zero-order valence-corrected chi connectivity index (χ0v) is 19.4. The van der Waals surface area contributed by atoms with Gasteiger partial charge in [-0.1, -0.05) is 53.1 Å². The van der Waals surface area contributed by atoms with Crippen molar-refractivity contribution in [3.63, 3.8) is 0 Å². The fourth-order valence-corrected chi connectivity index (χ4v) is 2.97. The Hall–Kier alpha value is -1.39. The van der Waals surface area contributed by atoms with Crippen LogP contribution in [-0.4, -0.2) is 18.4 Å². The third kappa shape index (κ3) is 6.05. The van der Waals surface area contributed by atoms with Crippen LogP contribution in [0, 0.1) is 0 Å². The van der Waals surface area contributed by atoms with Crippen LogP contribution in [0.4, 0.5) is 11.4 Å². The van der Waals surface area contributed by atoms with E-state index in [4.69, 9.17) is 11.6 Å². The first-order valence-electron chi connectivity index (χ1n) is 6.96. The summed E-state index contributed by atoms with van der Waals surface area (Å²) >= 11 is 5.77. The second-order valence-electron chi connectivity index (χ2n) is 5.20. The molecule has 0 fully saturated rings. The Balaban J connectivity index is 0.00000261. The molecular weight excluding hydrogens is 475 g/mol. The molecular formula is C16H9ClCrN2NaO7S. The molecule has 0 spiro atoms. The largest absolute Gasteiger partial charge is 3.00 e. The van der Waals surface area contributed by atoms with E-state index in [1.54, 1.807) is 0 Å². The van der Waals surface area contributed by atoms with Crippen molar-refractivity contribution in [3.8, 4) is 17.2 Å². The van der Waals surface area contributed by atoms with Gasteiger partial charge in [0, 0.05) is 10.4 Å². The summed E-state index contributed by atoms with van der Waals surface area (Å²) in [5.41, 5.74) is -0.512. The first-order valence-corrected chi connectivity index (χ1v) is 8.74. The molecule has 0 atom stereocenters. The first kappa shape index (κ1) is 27.6. The predicted molar refractivity (Wildman–Crippen MR) is 89.5 cm³/mol. The minimum atomic E-state index is -4.84. The van der Waals surface area contributed by atoms with Crippen LogP contribution in [0.2, 0.25) is 5.02 Å². The number of fused-ring (bicyclic) bond motifs is 1. The number of halogens is 1. The average molecular weight is 484 g/mol. The van der Waals surface area contributed by atoms with Crippen molar-refractivity contribution >= 4 is 43.9 Å². The van der Waals surface area contributed by atoms with E-state index in [1.807, 2.05) is 0 Å². The normalized spacial score (nSPS) is 10.8. The Morgan fingerprint density at radius 1 is 0.862 bits per heavy atom. The molecule has 2 N–H and O–H groups in total. The number of rotatable bonds is 3. The average Bonchev–Trinajstić information content (AvgIpc) is 2.56. The maximum absolute atomic E-state index is 12.2. The van der Waals surface area contributed by atoms with E-state index in [-0.39, 0.29) is 79.6 Å². The maximum atomic E-state index is 12.2. The van der Waals surface area contributed by atoms with Crippen molar-refractivity contribution in [2.75, 3.05) is 0 Å². The molecule has 0 bridgehead atoms. The quantitative estimate of drug-likeness (QED) is 0.241. The molecule has 0 aliphatic rings. The maximum Gasteiger partial charge on any atom is 3.00 e. The second kappa shape index (κ2) is 10.6. The fraction of sp³-hybridized carbons (Fsp3) is 0. The SMILES string of the molecule is O.O=S(=O)([O-])c1cc([O-])c2c(N=Nc3cc(Cl)ccc3[O-])c([O-])ccc2c1.[Cr+3].[Na+]. The summed E-state index contributed by atoms with van der Waals surface area (Å²) in [7, 11) is -4.84. The van der Waals surface area contributed by atoms with Crippen LogP contribution < -0.4 is 44.9 Å². The molecule has 0 amide bonds. The van der Waals surface area contributed by atoms with Gasteiger partial charge in [0.15, 0.2) is 0 Å². The molecule has 0 aliphatic carbocycles. The number of azo groups is 1. The summed E-state index contributed by atoms with van der Waals surface area (Å²) in [4.78, 5) is -0.715. The molecule has 3 rings (SSSR count). The molecule has 0 aliphatic heterocycles. The number of nitrogens with zero attached hydrogens (tertiary/aromatic N) is 2. The molecule has 29 heavy (non-hydrogen) atoms. The number of benzene rings is 3. The van der Waals surface area contributed by atoms with Crippen molar-refractivity contribution in [1.82, 2.24) is 0 Å². The Labute approximate surface area is 203 Å². The number of hydrogen-bond acceptors (Lipinski definition) is 8. The standard InChI is InChI=1S/C16H11ClN2O6S.Cr.Na.H2O/c17-9-2-4-12(20)11(6-9)18-19-16-13(21)3-1-8-5-10(26(23,24)25)7-14(22)15(8)16;;;/h1-7,20-22H,(H,23,24,25);;;1H2/q;+3;+1;/p-4. The van der Waals surface area contributed by atoms with E-state index < -0.39 is 32.3 Å². The molecule has 0 aromatic heterocycles. The summed E-state index contributed by atoms with van der Waals surface area (Å²) in [6, 6.07) is 7.60. The van der Waals surface area contributed by atoms with Gasteiger partial charge in [-0.25, -0.2) is 8.42 Å². The summed E-state index contributed by atoms with van der Waals surface area (Å²) in [5, 5.41) is 43.4. The topological polar surface area (TPSA) is 183 Å². The van der Waals surface area contributed by atoms with Gasteiger partial charge in [0.1, 0.15) is 10.1 Å². The number of hydrogen-bond donors (Lipinski definition) is 0. The van der Waals surface area contributed by atoms with Crippen molar-refractivity contribution in [3.05, 3.63) is 47.5 Å². The van der Waals surface area contributed by atoms with Gasteiger partial charge in [-0.2, -0.15) is 10.2 Å². The van der Waals surface area contributed by atoms with Crippen molar-refractivity contribution in [1.29, 1.82) is 0 Å². The van der Waals surface area contributed by atoms with E-state index in [2.05, 4.69) is 10.2 Å². The van der Waals surface area contributed by atoms with E-state index in [9.17, 15) is 28.3 Å². The predicted octanol–water partition coefficient (Wildman–Crippen LogP) is -1.79. The molecule has 13 heteroatoms. The second-order valence-corrected chi connectivity index (χ2v) is 7.01. The molecule has 1 radical (unpaired) electrons. The van der Waals surface area contributed by atoms with E-state index >= 15 is 0 Å². The van der Waals surface area contributed by atoms with Crippen molar-refractivity contribution < 1.29 is 80.7 Å². The van der Waals surface area contributed by atoms with Crippen molar-refractivity contribution in [2.45, 2.75) is 4.90 Å². The Bertz CT molecular complexity index is 1180. The van der Waals surface area contributed by atoms with Gasteiger partial charge < -0.3 is 25.3 Å². The zero-order chi connectivity index (χ0) is 19.1. The monoisotopic (exact) mass is 483 g/mol. The smallest absolute Gasteiger partial charge is 0.872 e. The Morgan fingerprint density at radius 3 is 2.10 bits per heavy atom. The molecule has 3 aromatic rings. The molecule has 0 unspecified atom stereocenters. The van der Waals surface area contributed by atoms with Gasteiger partial charge in [-0.15, -0.1) is 0 Å². The van der Waals surface area contributed by atoms with Crippen molar-refractivity contribution in [2.24, 2.45) is 10.2 Å². The summed E-state index contributed by atoms with van der Waals surface area (Å²) in [5.74, 6) is -2.03. The third-order valence-electron chi connectivity index (χ3n) is 3.46. The molecule has 0 saturated carbocycles. The third-order valence-corrected chi connectivity index (χ3v) is 4.51. The molecule has 145 valence electrons. The minimum Gasteiger partial charge on any atom is -0.872 e. The molecule has 0 saturated heterocycles. The van der Waals surface area contributed by atoms with Crippen LogP contribution >= 0.6 is 11.6 Å². The minimum absolute atomic E-state index is 0. The Kier molecular flexibility index (Phi) is 10.1. The van der Waals surface area contributed by atoms with Gasteiger partial charge in [0.2, 0.25) is 0 Å². The summed E-state index contributed by atoms with van der Waals surface area (Å²) in [6.07, 6.45) is 0. The van der Waals surface area contributed by atoms with Gasteiger partial charge >= 0.3 is 46.9 Å². The van der Waals surface area contributed by atoms with Crippen LogP contribution in [-0.2, 0) is 27.5 Å². The van der Waals surface area contributed by atoms with Crippen LogP contribution in [0.3, 0.4) is 0 Å². The van der Waals surface area contributed by atoms with Gasteiger partial charge in [-0.05, 0) is 23.6 Å². The van der Waals surface area contributed by atoms with E-state index in [0.29, 0.717) is 6.07 Å². The summed E-state index contributed by atoms with van der Waals surface area (Å²) in [6.45, 7) is 0. The van der Waals surface area contributed by atoms with Crippen LogP contribution in [0.5, 0.6) is 17.2 Å².